The maximum Gasteiger partial charge on any atom is 0.160 e. The molecule has 224 valence electrons. The Balaban J connectivity index is 1.31. The number of hydrogen-bond acceptors (Lipinski definition) is 3. The van der Waals surface area contributed by atoms with Crippen LogP contribution in [0, 0.1) is 11.3 Å². The van der Waals surface area contributed by atoms with E-state index in [2.05, 4.69) is 140 Å². The molecule has 48 heavy (non-hydrogen) atoms. The van der Waals surface area contributed by atoms with Crippen molar-refractivity contribution >= 4 is 10.8 Å². The van der Waals surface area contributed by atoms with Gasteiger partial charge in [-0.1, -0.05) is 164 Å². The molecule has 0 fully saturated rings. The van der Waals surface area contributed by atoms with Crippen molar-refractivity contribution in [2.75, 3.05) is 0 Å². The number of rotatable bonds is 6. The van der Waals surface area contributed by atoms with Gasteiger partial charge in [-0.25, -0.2) is 9.97 Å². The van der Waals surface area contributed by atoms with Crippen molar-refractivity contribution in [2.45, 2.75) is 0 Å². The van der Waals surface area contributed by atoms with Gasteiger partial charge in [0, 0.05) is 22.3 Å². The fourth-order valence-electron chi connectivity index (χ4n) is 6.41. The van der Waals surface area contributed by atoms with Crippen molar-refractivity contribution in [3.63, 3.8) is 0 Å². The average Bonchev–Trinajstić information content (AvgIpc) is 3.18. The zero-order valence-corrected chi connectivity index (χ0v) is 26.1. The lowest BCUT2D eigenvalue weighted by molar-refractivity contribution is 1.18. The van der Waals surface area contributed by atoms with Crippen LogP contribution in [0.4, 0.5) is 0 Å². The zero-order chi connectivity index (χ0) is 32.3. The van der Waals surface area contributed by atoms with E-state index in [1.807, 2.05) is 42.5 Å². The van der Waals surface area contributed by atoms with Crippen molar-refractivity contribution in [1.82, 2.24) is 9.97 Å². The van der Waals surface area contributed by atoms with Crippen LogP contribution in [0.2, 0.25) is 0 Å². The van der Waals surface area contributed by atoms with Crippen LogP contribution >= 0.6 is 0 Å². The van der Waals surface area contributed by atoms with E-state index in [-0.39, 0.29) is 0 Å². The van der Waals surface area contributed by atoms with Gasteiger partial charge in [0.15, 0.2) is 5.82 Å². The molecular formula is C45H29N3. The second-order valence-electron chi connectivity index (χ2n) is 11.7. The van der Waals surface area contributed by atoms with Crippen molar-refractivity contribution in [1.29, 1.82) is 5.26 Å². The molecule has 8 rings (SSSR count). The maximum atomic E-state index is 9.37. The topological polar surface area (TPSA) is 49.6 Å². The Morgan fingerprint density at radius 2 is 0.854 bits per heavy atom. The van der Waals surface area contributed by atoms with Crippen LogP contribution in [0.5, 0.6) is 0 Å². The van der Waals surface area contributed by atoms with Gasteiger partial charge in [0.1, 0.15) is 0 Å². The van der Waals surface area contributed by atoms with Crippen LogP contribution in [-0.2, 0) is 0 Å². The molecule has 0 bridgehead atoms. The standard InChI is InChI=1S/C45H29N3/c46-30-31-20-22-33(23-21-31)40-29-28-32-12-10-11-19-39(32)41(40)35-24-26-38(27-25-35)45-47-43(36-15-6-2-7-16-36)42(34-13-4-1-5-14-34)44(48-45)37-17-8-3-9-18-37/h1-29H. The van der Waals surface area contributed by atoms with Gasteiger partial charge in [-0.2, -0.15) is 5.26 Å². The van der Waals surface area contributed by atoms with Gasteiger partial charge in [-0.15, -0.1) is 0 Å². The highest BCUT2D eigenvalue weighted by Crippen LogP contribution is 2.41. The highest BCUT2D eigenvalue weighted by atomic mass is 14.9. The summed E-state index contributed by atoms with van der Waals surface area (Å²) in [6.07, 6.45) is 0. The number of hydrogen-bond donors (Lipinski definition) is 0. The minimum atomic E-state index is 0.647. The molecule has 1 aromatic heterocycles. The number of aromatic nitrogens is 2. The van der Waals surface area contributed by atoms with Crippen molar-refractivity contribution < 1.29 is 0 Å². The monoisotopic (exact) mass is 611 g/mol. The van der Waals surface area contributed by atoms with Crippen molar-refractivity contribution in [2.24, 2.45) is 0 Å². The van der Waals surface area contributed by atoms with Gasteiger partial charge in [0.05, 0.1) is 23.0 Å². The Bertz CT molecular complexity index is 2350. The number of nitriles is 1. The van der Waals surface area contributed by atoms with Crippen LogP contribution in [0.15, 0.2) is 176 Å². The van der Waals surface area contributed by atoms with E-state index in [0.29, 0.717) is 11.4 Å². The van der Waals surface area contributed by atoms with Crippen molar-refractivity contribution in [3.8, 4) is 73.4 Å². The first kappa shape index (κ1) is 28.8. The second kappa shape index (κ2) is 12.6. The minimum absolute atomic E-state index is 0.647. The van der Waals surface area contributed by atoms with E-state index in [1.54, 1.807) is 0 Å². The maximum absolute atomic E-state index is 9.37. The van der Waals surface area contributed by atoms with Crippen molar-refractivity contribution in [3.05, 3.63) is 181 Å². The summed E-state index contributed by atoms with van der Waals surface area (Å²) in [4.78, 5) is 10.5. The van der Waals surface area contributed by atoms with Crippen LogP contribution in [0.1, 0.15) is 5.56 Å². The van der Waals surface area contributed by atoms with Crippen LogP contribution in [-0.4, -0.2) is 9.97 Å². The zero-order valence-electron chi connectivity index (χ0n) is 26.1. The average molecular weight is 612 g/mol. The quantitative estimate of drug-likeness (QED) is 0.188. The van der Waals surface area contributed by atoms with Crippen LogP contribution in [0.3, 0.4) is 0 Å². The van der Waals surface area contributed by atoms with E-state index in [1.165, 1.54) is 10.8 Å². The summed E-state index contributed by atoms with van der Waals surface area (Å²) in [5.74, 6) is 0.671. The molecule has 1 heterocycles. The first-order chi connectivity index (χ1) is 23.8. The number of fused-ring (bicyclic) bond motifs is 1. The Morgan fingerprint density at radius 3 is 1.44 bits per heavy atom. The Labute approximate surface area is 280 Å². The molecule has 0 amide bonds. The second-order valence-corrected chi connectivity index (χ2v) is 11.7. The summed E-state index contributed by atoms with van der Waals surface area (Å²) in [5, 5.41) is 11.7. The van der Waals surface area contributed by atoms with Gasteiger partial charge >= 0.3 is 0 Å². The van der Waals surface area contributed by atoms with Crippen LogP contribution in [0.25, 0.3) is 78.1 Å². The molecule has 0 radical (unpaired) electrons. The van der Waals surface area contributed by atoms with Gasteiger partial charge in [0.25, 0.3) is 0 Å². The predicted octanol–water partition coefficient (Wildman–Crippen LogP) is 11.5. The normalized spacial score (nSPS) is 10.9. The number of nitrogens with zero attached hydrogens (tertiary/aromatic N) is 3. The molecule has 0 aliphatic carbocycles. The Kier molecular flexibility index (Phi) is 7.59. The van der Waals surface area contributed by atoms with Gasteiger partial charge in [-0.05, 0) is 50.7 Å². The van der Waals surface area contributed by atoms with E-state index >= 15 is 0 Å². The van der Waals surface area contributed by atoms with E-state index in [0.717, 1.165) is 61.5 Å². The summed E-state index contributed by atoms with van der Waals surface area (Å²) in [6, 6.07) is 62.6. The summed E-state index contributed by atoms with van der Waals surface area (Å²) >= 11 is 0. The fourth-order valence-corrected chi connectivity index (χ4v) is 6.41. The summed E-state index contributed by atoms with van der Waals surface area (Å²) in [6.45, 7) is 0. The predicted molar refractivity (Wildman–Crippen MR) is 197 cm³/mol. The van der Waals surface area contributed by atoms with Gasteiger partial charge < -0.3 is 0 Å². The number of benzene rings is 7. The smallest absolute Gasteiger partial charge is 0.160 e. The molecule has 7 aromatic carbocycles. The molecule has 3 nitrogen and oxygen atoms in total. The Hall–Kier alpha value is -6.63. The molecule has 0 unspecified atom stereocenters. The third-order valence-corrected chi connectivity index (χ3v) is 8.75. The molecule has 3 heteroatoms. The highest BCUT2D eigenvalue weighted by Gasteiger charge is 2.20. The van der Waals surface area contributed by atoms with E-state index in [9.17, 15) is 5.26 Å². The molecule has 0 aliphatic heterocycles. The molecule has 0 saturated heterocycles. The first-order valence-corrected chi connectivity index (χ1v) is 16.0. The lowest BCUT2D eigenvalue weighted by Crippen LogP contribution is -2.00. The van der Waals surface area contributed by atoms with E-state index < -0.39 is 0 Å². The SMILES string of the molecule is N#Cc1ccc(-c2ccc3ccccc3c2-c2ccc(-c3nc(-c4ccccc4)c(-c4ccccc4)c(-c4ccccc4)n3)cc2)cc1. The molecule has 8 aromatic rings. The minimum Gasteiger partial charge on any atom is -0.227 e. The summed E-state index contributed by atoms with van der Waals surface area (Å²) in [5.41, 5.74) is 12.0. The fraction of sp³-hybridized carbons (Fsp3) is 0. The molecular weight excluding hydrogens is 583 g/mol. The molecule has 0 N–H and O–H groups in total. The first-order valence-electron chi connectivity index (χ1n) is 16.0. The van der Waals surface area contributed by atoms with E-state index in [4.69, 9.17) is 9.97 Å². The Morgan fingerprint density at radius 1 is 0.375 bits per heavy atom. The lowest BCUT2D eigenvalue weighted by Gasteiger charge is -2.17. The summed E-state index contributed by atoms with van der Waals surface area (Å²) in [7, 11) is 0. The molecule has 0 spiro atoms. The molecule has 0 atom stereocenters. The third-order valence-electron chi connectivity index (χ3n) is 8.75. The molecule has 0 aliphatic rings. The summed E-state index contributed by atoms with van der Waals surface area (Å²) < 4.78 is 0. The lowest BCUT2D eigenvalue weighted by atomic mass is 9.89. The van der Waals surface area contributed by atoms with Crippen LogP contribution < -0.4 is 0 Å². The van der Waals surface area contributed by atoms with Gasteiger partial charge in [0.2, 0.25) is 0 Å². The largest absolute Gasteiger partial charge is 0.227 e. The third kappa shape index (κ3) is 5.42. The van der Waals surface area contributed by atoms with Gasteiger partial charge in [-0.3, -0.25) is 0 Å². The molecule has 0 saturated carbocycles. The highest BCUT2D eigenvalue weighted by molar-refractivity contribution is 6.04.